The summed E-state index contributed by atoms with van der Waals surface area (Å²) < 4.78 is 15.2. The third-order valence-corrected chi connectivity index (χ3v) is 4.89. The van der Waals surface area contributed by atoms with Gasteiger partial charge < -0.3 is 5.32 Å². The molecule has 0 aliphatic rings. The van der Waals surface area contributed by atoms with Gasteiger partial charge in [-0.15, -0.1) is 10.2 Å². The first-order valence-electron chi connectivity index (χ1n) is 9.00. The standard InChI is InChI=1S/C20H20FN5O2S/c1-2-22-19(28)23-17(27)13-29-20-25-24-18(15-8-10-16(21)11-9-15)26(20)12-14-6-4-3-5-7-14/h3-11H,2,12-13H2,1H3,(H2,22,23,27,28). The zero-order chi connectivity index (χ0) is 20.6. The van der Waals surface area contributed by atoms with Crippen LogP contribution in [-0.2, 0) is 11.3 Å². The second-order valence-corrected chi connectivity index (χ2v) is 7.02. The first kappa shape index (κ1) is 20.5. The number of aromatic nitrogens is 3. The van der Waals surface area contributed by atoms with Crippen LogP contribution < -0.4 is 10.6 Å². The van der Waals surface area contributed by atoms with Crippen molar-refractivity contribution in [2.24, 2.45) is 0 Å². The lowest BCUT2D eigenvalue weighted by molar-refractivity contribution is -0.117. The zero-order valence-corrected chi connectivity index (χ0v) is 16.6. The molecule has 0 fully saturated rings. The number of thioether (sulfide) groups is 1. The average Bonchev–Trinajstić information content (AvgIpc) is 3.10. The van der Waals surface area contributed by atoms with Gasteiger partial charge in [0.15, 0.2) is 11.0 Å². The minimum absolute atomic E-state index is 0.00742. The third kappa shape index (κ3) is 5.64. The van der Waals surface area contributed by atoms with Crippen molar-refractivity contribution in [2.75, 3.05) is 12.3 Å². The summed E-state index contributed by atoms with van der Waals surface area (Å²) in [6.45, 7) is 2.68. The molecule has 0 atom stereocenters. The van der Waals surface area contributed by atoms with E-state index in [4.69, 9.17) is 0 Å². The molecule has 9 heteroatoms. The Balaban J connectivity index is 1.81. The number of carbonyl (C=O) groups excluding carboxylic acids is 2. The summed E-state index contributed by atoms with van der Waals surface area (Å²) in [7, 11) is 0. The van der Waals surface area contributed by atoms with Crippen LogP contribution in [-0.4, -0.2) is 39.0 Å². The molecule has 150 valence electrons. The molecule has 0 saturated heterocycles. The quantitative estimate of drug-likeness (QED) is 0.581. The monoisotopic (exact) mass is 413 g/mol. The van der Waals surface area contributed by atoms with Crippen molar-refractivity contribution < 1.29 is 14.0 Å². The Labute approximate surface area is 171 Å². The summed E-state index contributed by atoms with van der Waals surface area (Å²) in [6, 6.07) is 15.2. The number of nitrogens with zero attached hydrogens (tertiary/aromatic N) is 3. The van der Waals surface area contributed by atoms with E-state index in [1.807, 2.05) is 34.9 Å². The van der Waals surface area contributed by atoms with Gasteiger partial charge in [0.05, 0.1) is 12.3 Å². The number of rotatable bonds is 7. The van der Waals surface area contributed by atoms with Crippen molar-refractivity contribution in [3.05, 3.63) is 66.0 Å². The Morgan fingerprint density at radius 1 is 1.07 bits per heavy atom. The summed E-state index contributed by atoms with van der Waals surface area (Å²) in [5, 5.41) is 13.7. The largest absolute Gasteiger partial charge is 0.338 e. The van der Waals surface area contributed by atoms with Crippen molar-refractivity contribution in [3.63, 3.8) is 0 Å². The lowest BCUT2D eigenvalue weighted by Gasteiger charge is -2.10. The van der Waals surface area contributed by atoms with E-state index in [1.165, 1.54) is 23.9 Å². The first-order chi connectivity index (χ1) is 14.1. The highest BCUT2D eigenvalue weighted by atomic mass is 32.2. The number of imide groups is 1. The molecule has 0 saturated carbocycles. The Hall–Kier alpha value is -3.20. The van der Waals surface area contributed by atoms with Crippen molar-refractivity contribution in [1.29, 1.82) is 0 Å². The zero-order valence-electron chi connectivity index (χ0n) is 15.8. The van der Waals surface area contributed by atoms with E-state index in [0.717, 1.165) is 5.56 Å². The normalized spacial score (nSPS) is 10.6. The van der Waals surface area contributed by atoms with E-state index in [9.17, 15) is 14.0 Å². The van der Waals surface area contributed by atoms with Gasteiger partial charge >= 0.3 is 6.03 Å². The lowest BCUT2D eigenvalue weighted by Crippen LogP contribution is -2.40. The van der Waals surface area contributed by atoms with Crippen LogP contribution in [0.25, 0.3) is 11.4 Å². The van der Waals surface area contributed by atoms with Gasteiger partial charge in [-0.1, -0.05) is 42.1 Å². The van der Waals surface area contributed by atoms with Gasteiger partial charge in [0.2, 0.25) is 5.91 Å². The van der Waals surface area contributed by atoms with Gasteiger partial charge in [-0.2, -0.15) is 0 Å². The van der Waals surface area contributed by atoms with Crippen LogP contribution in [0.5, 0.6) is 0 Å². The Bertz CT molecular complexity index is 976. The molecule has 2 aromatic carbocycles. The summed E-state index contributed by atoms with van der Waals surface area (Å²) in [6.07, 6.45) is 0. The van der Waals surface area contributed by atoms with Gasteiger partial charge in [0.1, 0.15) is 5.82 Å². The molecule has 0 radical (unpaired) electrons. The van der Waals surface area contributed by atoms with Crippen LogP contribution in [0.3, 0.4) is 0 Å². The number of carbonyl (C=O) groups is 2. The molecule has 2 N–H and O–H groups in total. The highest BCUT2D eigenvalue weighted by Gasteiger charge is 2.17. The molecule has 0 spiro atoms. The molecule has 7 nitrogen and oxygen atoms in total. The Kier molecular flexibility index (Phi) is 6.96. The van der Waals surface area contributed by atoms with Crippen LogP contribution in [0.4, 0.5) is 9.18 Å². The molecule has 1 aromatic heterocycles. The van der Waals surface area contributed by atoms with Crippen molar-refractivity contribution in [2.45, 2.75) is 18.6 Å². The van der Waals surface area contributed by atoms with E-state index in [-0.39, 0.29) is 11.6 Å². The fourth-order valence-electron chi connectivity index (χ4n) is 2.61. The van der Waals surface area contributed by atoms with Crippen LogP contribution in [0.1, 0.15) is 12.5 Å². The number of amides is 3. The summed E-state index contributed by atoms with van der Waals surface area (Å²) in [4.78, 5) is 23.5. The molecule has 0 aliphatic heterocycles. The summed E-state index contributed by atoms with van der Waals surface area (Å²) in [5.74, 6) is -0.188. The highest BCUT2D eigenvalue weighted by molar-refractivity contribution is 7.99. The molecule has 3 amide bonds. The van der Waals surface area contributed by atoms with Crippen molar-refractivity contribution in [1.82, 2.24) is 25.4 Å². The van der Waals surface area contributed by atoms with E-state index < -0.39 is 11.9 Å². The van der Waals surface area contributed by atoms with Crippen LogP contribution in [0.2, 0.25) is 0 Å². The SMILES string of the molecule is CCNC(=O)NC(=O)CSc1nnc(-c2ccc(F)cc2)n1Cc1ccccc1. The minimum Gasteiger partial charge on any atom is -0.338 e. The van der Waals surface area contributed by atoms with Crippen molar-refractivity contribution in [3.8, 4) is 11.4 Å². The molecule has 3 aromatic rings. The first-order valence-corrected chi connectivity index (χ1v) is 9.99. The van der Waals surface area contributed by atoms with E-state index >= 15 is 0 Å². The van der Waals surface area contributed by atoms with Gasteiger partial charge in [0.25, 0.3) is 0 Å². The highest BCUT2D eigenvalue weighted by Crippen LogP contribution is 2.25. The maximum absolute atomic E-state index is 13.3. The Morgan fingerprint density at radius 3 is 2.48 bits per heavy atom. The molecule has 3 rings (SSSR count). The Morgan fingerprint density at radius 2 is 1.79 bits per heavy atom. The third-order valence-electron chi connectivity index (χ3n) is 3.93. The molecule has 0 unspecified atom stereocenters. The number of benzene rings is 2. The maximum Gasteiger partial charge on any atom is 0.321 e. The molecular formula is C20H20FN5O2S. The second kappa shape index (κ2) is 9.83. The van der Waals surface area contributed by atoms with Gasteiger partial charge in [-0.05, 0) is 36.8 Å². The summed E-state index contributed by atoms with van der Waals surface area (Å²) >= 11 is 1.18. The summed E-state index contributed by atoms with van der Waals surface area (Å²) in [5.41, 5.74) is 1.75. The molecule has 0 aliphatic carbocycles. The molecule has 0 bridgehead atoms. The molecule has 1 heterocycles. The lowest BCUT2D eigenvalue weighted by atomic mass is 10.2. The predicted molar refractivity (Wildman–Crippen MR) is 109 cm³/mol. The van der Waals surface area contributed by atoms with E-state index in [1.54, 1.807) is 19.1 Å². The van der Waals surface area contributed by atoms with Crippen LogP contribution in [0, 0.1) is 5.82 Å². The van der Waals surface area contributed by atoms with Crippen LogP contribution >= 0.6 is 11.8 Å². The molecule has 29 heavy (non-hydrogen) atoms. The number of urea groups is 1. The molecular weight excluding hydrogens is 393 g/mol. The predicted octanol–water partition coefficient (Wildman–Crippen LogP) is 3.07. The van der Waals surface area contributed by atoms with Crippen LogP contribution in [0.15, 0.2) is 59.8 Å². The van der Waals surface area contributed by atoms with E-state index in [0.29, 0.717) is 29.6 Å². The van der Waals surface area contributed by atoms with Gasteiger partial charge in [-0.3, -0.25) is 14.7 Å². The average molecular weight is 413 g/mol. The fraction of sp³-hybridized carbons (Fsp3) is 0.200. The van der Waals surface area contributed by atoms with Gasteiger partial charge in [-0.25, -0.2) is 9.18 Å². The smallest absolute Gasteiger partial charge is 0.321 e. The number of hydrogen-bond acceptors (Lipinski definition) is 5. The number of hydrogen-bond donors (Lipinski definition) is 2. The maximum atomic E-state index is 13.3. The van der Waals surface area contributed by atoms with E-state index in [2.05, 4.69) is 20.8 Å². The second-order valence-electron chi connectivity index (χ2n) is 6.08. The van der Waals surface area contributed by atoms with Gasteiger partial charge in [0, 0.05) is 12.1 Å². The topological polar surface area (TPSA) is 88.9 Å². The number of nitrogens with one attached hydrogen (secondary N) is 2. The minimum atomic E-state index is -0.532. The number of halogens is 1. The fourth-order valence-corrected chi connectivity index (χ4v) is 3.35. The van der Waals surface area contributed by atoms with Crippen molar-refractivity contribution >= 4 is 23.7 Å².